The van der Waals surface area contributed by atoms with Crippen molar-refractivity contribution in [2.75, 3.05) is 10.2 Å². The van der Waals surface area contributed by atoms with E-state index in [0.29, 0.717) is 0 Å². The summed E-state index contributed by atoms with van der Waals surface area (Å²) in [6.07, 6.45) is 0. The first-order valence-electron chi connectivity index (χ1n) is 21.8. The molecule has 10 aromatic carbocycles. The Hall–Kier alpha value is -7.33. The molecule has 0 fully saturated rings. The van der Waals surface area contributed by atoms with Gasteiger partial charge in [0.25, 0.3) is 0 Å². The molecule has 12 rings (SSSR count). The number of hydrogen-bond donors (Lipinski definition) is 1. The number of benzene rings is 10. The van der Waals surface area contributed by atoms with Crippen molar-refractivity contribution >= 4 is 56.1 Å². The molecule has 1 atom stereocenters. The van der Waals surface area contributed by atoms with Crippen LogP contribution in [0.4, 0.5) is 22.7 Å². The van der Waals surface area contributed by atoms with E-state index in [-0.39, 0.29) is 10.8 Å². The fourth-order valence-corrected chi connectivity index (χ4v) is 11.1. The van der Waals surface area contributed by atoms with Crippen molar-refractivity contribution < 1.29 is 0 Å². The van der Waals surface area contributed by atoms with Crippen LogP contribution in [0.5, 0.6) is 0 Å². The second-order valence-electron chi connectivity index (χ2n) is 17.4. The van der Waals surface area contributed by atoms with Gasteiger partial charge < -0.3 is 10.2 Å². The van der Waals surface area contributed by atoms with Crippen LogP contribution in [-0.4, -0.2) is 0 Å². The average Bonchev–Trinajstić information content (AvgIpc) is 3.89. The predicted molar refractivity (Wildman–Crippen MR) is 269 cm³/mol. The second-order valence-corrected chi connectivity index (χ2v) is 18.5. The molecule has 0 amide bonds. The molecule has 0 bridgehead atoms. The summed E-state index contributed by atoms with van der Waals surface area (Å²) in [6.45, 7) is 4.71. The van der Waals surface area contributed by atoms with Gasteiger partial charge in [-0.25, -0.2) is 0 Å². The fourth-order valence-electron chi connectivity index (χ4n) is 9.99. The van der Waals surface area contributed by atoms with E-state index in [1.807, 2.05) is 11.8 Å². The van der Waals surface area contributed by atoms with Crippen LogP contribution in [0.15, 0.2) is 223 Å². The van der Waals surface area contributed by atoms with Crippen LogP contribution in [0.25, 0.3) is 66.1 Å². The monoisotopic (exact) mass is 824 g/mol. The number of thioether (sulfide) groups is 1. The van der Waals surface area contributed by atoms with Crippen molar-refractivity contribution in [2.24, 2.45) is 0 Å². The smallest absolute Gasteiger partial charge is 0.103 e. The normalized spacial score (nSPS) is 14.5. The van der Waals surface area contributed by atoms with Crippen LogP contribution in [-0.2, 0) is 5.41 Å². The Kier molecular flexibility index (Phi) is 8.88. The summed E-state index contributed by atoms with van der Waals surface area (Å²) < 4.78 is 0. The predicted octanol–water partition coefficient (Wildman–Crippen LogP) is 17.0. The number of anilines is 4. The van der Waals surface area contributed by atoms with E-state index in [0.717, 1.165) is 17.1 Å². The molecule has 0 saturated carbocycles. The highest BCUT2D eigenvalue weighted by atomic mass is 32.2. The molecule has 10 aromatic rings. The van der Waals surface area contributed by atoms with Gasteiger partial charge in [-0.05, 0) is 126 Å². The molecule has 63 heavy (non-hydrogen) atoms. The van der Waals surface area contributed by atoms with Crippen molar-refractivity contribution in [2.45, 2.75) is 29.5 Å². The van der Waals surface area contributed by atoms with Gasteiger partial charge in [0.2, 0.25) is 0 Å². The molecule has 0 radical (unpaired) electrons. The zero-order valence-corrected chi connectivity index (χ0v) is 36.0. The maximum atomic E-state index is 3.93. The Morgan fingerprint density at radius 3 is 1.63 bits per heavy atom. The Morgan fingerprint density at radius 1 is 0.429 bits per heavy atom. The number of hydrogen-bond acceptors (Lipinski definition) is 3. The van der Waals surface area contributed by atoms with Crippen molar-refractivity contribution in [1.82, 2.24) is 0 Å². The van der Waals surface area contributed by atoms with Crippen LogP contribution in [0.3, 0.4) is 0 Å². The molecule has 0 aromatic heterocycles. The van der Waals surface area contributed by atoms with Gasteiger partial charge in [-0.15, -0.1) is 0 Å². The third kappa shape index (κ3) is 6.42. The van der Waals surface area contributed by atoms with E-state index in [1.54, 1.807) is 0 Å². The van der Waals surface area contributed by atoms with E-state index in [1.165, 1.54) is 93.3 Å². The van der Waals surface area contributed by atoms with Crippen molar-refractivity contribution in [3.8, 4) is 44.5 Å². The zero-order chi connectivity index (χ0) is 42.1. The standard InChI is InChI=1S/C60H44N2S/c1-60(2)54-16-10-9-15-52(54)53-35-33-50(38-55(53)60)62(48-29-23-42(24-30-48)40-13-7-4-8-14-40)49-31-25-43(26-32-49)46-27-34-51-47(37-46)22-19-44-28-36-56-58(57(44)51)61-59(63-56)45-20-17-41(18-21-45)39-11-5-3-6-12-39/h3-38,59,61H,1-2H3. The maximum Gasteiger partial charge on any atom is 0.103 e. The Balaban J connectivity index is 0.876. The van der Waals surface area contributed by atoms with Crippen LogP contribution < -0.4 is 10.2 Å². The maximum absolute atomic E-state index is 3.93. The summed E-state index contributed by atoms with van der Waals surface area (Å²) in [7, 11) is 0. The van der Waals surface area contributed by atoms with Crippen LogP contribution >= 0.6 is 11.8 Å². The molecule has 3 heteroatoms. The van der Waals surface area contributed by atoms with E-state index < -0.39 is 0 Å². The molecule has 1 heterocycles. The molecular weight excluding hydrogens is 781 g/mol. The molecule has 2 aliphatic rings. The molecule has 1 unspecified atom stereocenters. The van der Waals surface area contributed by atoms with Gasteiger partial charge >= 0.3 is 0 Å². The number of nitrogens with one attached hydrogen (secondary N) is 1. The highest BCUT2D eigenvalue weighted by Gasteiger charge is 2.36. The number of fused-ring (bicyclic) bond motifs is 8. The lowest BCUT2D eigenvalue weighted by atomic mass is 9.82. The summed E-state index contributed by atoms with van der Waals surface area (Å²) in [5.41, 5.74) is 18.5. The van der Waals surface area contributed by atoms with Crippen molar-refractivity contribution in [3.05, 3.63) is 235 Å². The van der Waals surface area contributed by atoms with Gasteiger partial charge in [-0.3, -0.25) is 0 Å². The first-order chi connectivity index (χ1) is 31.0. The highest BCUT2D eigenvalue weighted by Crippen LogP contribution is 2.52. The van der Waals surface area contributed by atoms with Gasteiger partial charge in [-0.1, -0.05) is 195 Å². The highest BCUT2D eigenvalue weighted by molar-refractivity contribution is 8.00. The Labute approximate surface area is 373 Å². The van der Waals surface area contributed by atoms with Gasteiger partial charge in [-0.2, -0.15) is 0 Å². The minimum atomic E-state index is -0.0954. The van der Waals surface area contributed by atoms with Gasteiger partial charge in [0.15, 0.2) is 0 Å². The second kappa shape index (κ2) is 14.9. The molecule has 0 spiro atoms. The first-order valence-corrected chi connectivity index (χ1v) is 22.7. The van der Waals surface area contributed by atoms with E-state index in [4.69, 9.17) is 0 Å². The molecule has 2 nitrogen and oxygen atoms in total. The number of rotatable bonds is 7. The largest absolute Gasteiger partial charge is 0.368 e. The van der Waals surface area contributed by atoms with Gasteiger partial charge in [0.1, 0.15) is 5.37 Å². The fraction of sp³-hybridized carbons (Fsp3) is 0.0667. The zero-order valence-electron chi connectivity index (χ0n) is 35.2. The summed E-state index contributed by atoms with van der Waals surface area (Å²) in [6, 6.07) is 80.3. The Morgan fingerprint density at radius 2 is 0.952 bits per heavy atom. The lowest BCUT2D eigenvalue weighted by Gasteiger charge is -2.28. The van der Waals surface area contributed by atoms with Crippen LogP contribution in [0.2, 0.25) is 0 Å². The summed E-state index contributed by atoms with van der Waals surface area (Å²) in [4.78, 5) is 3.70. The lowest BCUT2D eigenvalue weighted by molar-refractivity contribution is 0.660. The topological polar surface area (TPSA) is 15.3 Å². The molecule has 1 aliphatic heterocycles. The third-order valence-electron chi connectivity index (χ3n) is 13.3. The van der Waals surface area contributed by atoms with Crippen molar-refractivity contribution in [1.29, 1.82) is 0 Å². The van der Waals surface area contributed by atoms with E-state index in [9.17, 15) is 0 Å². The molecule has 1 N–H and O–H groups in total. The first kappa shape index (κ1) is 37.4. The third-order valence-corrected chi connectivity index (χ3v) is 14.5. The minimum Gasteiger partial charge on any atom is -0.368 e. The quantitative estimate of drug-likeness (QED) is 0.161. The molecule has 300 valence electrons. The SMILES string of the molecule is CC1(C)c2ccccc2-c2ccc(N(c3ccc(-c4ccccc4)cc3)c3ccc(-c4ccc5c(ccc6ccc7c(c65)NC(c5ccc(-c6ccccc6)cc5)S7)c4)cc3)cc21. The van der Waals surface area contributed by atoms with Crippen LogP contribution in [0, 0.1) is 0 Å². The Bertz CT molecular complexity index is 3340. The molecule has 1 aliphatic carbocycles. The van der Waals surface area contributed by atoms with Gasteiger partial charge in [0, 0.05) is 32.8 Å². The molecular formula is C60H44N2S. The van der Waals surface area contributed by atoms with Crippen molar-refractivity contribution in [3.63, 3.8) is 0 Å². The van der Waals surface area contributed by atoms with E-state index in [2.05, 4.69) is 242 Å². The number of nitrogens with zero attached hydrogens (tertiary/aromatic N) is 1. The summed E-state index contributed by atoms with van der Waals surface area (Å²) in [5, 5.41) is 9.13. The molecule has 0 saturated heterocycles. The summed E-state index contributed by atoms with van der Waals surface area (Å²) in [5.74, 6) is 0. The summed E-state index contributed by atoms with van der Waals surface area (Å²) >= 11 is 1.90. The van der Waals surface area contributed by atoms with Crippen LogP contribution in [0.1, 0.15) is 35.9 Å². The van der Waals surface area contributed by atoms with Gasteiger partial charge in [0.05, 0.1) is 5.69 Å². The van der Waals surface area contributed by atoms with E-state index >= 15 is 0 Å². The lowest BCUT2D eigenvalue weighted by Crippen LogP contribution is -2.16. The average molecular weight is 825 g/mol. The minimum absolute atomic E-state index is 0.0954.